The van der Waals surface area contributed by atoms with Gasteiger partial charge in [-0.05, 0) is 42.8 Å². The fourth-order valence-electron chi connectivity index (χ4n) is 3.73. The molecule has 1 aliphatic heterocycles. The van der Waals surface area contributed by atoms with Gasteiger partial charge in [0, 0.05) is 24.8 Å². The molecule has 3 aromatic rings. The van der Waals surface area contributed by atoms with Gasteiger partial charge in [0.05, 0.1) is 28.9 Å². The van der Waals surface area contributed by atoms with Gasteiger partial charge in [-0.25, -0.2) is 13.3 Å². The van der Waals surface area contributed by atoms with Crippen LogP contribution in [0.4, 0.5) is 8.78 Å². The van der Waals surface area contributed by atoms with Crippen molar-refractivity contribution >= 4 is 28.9 Å². The molecular weight excluding hydrogens is 430 g/mol. The van der Waals surface area contributed by atoms with Crippen molar-refractivity contribution in [2.75, 3.05) is 20.2 Å². The van der Waals surface area contributed by atoms with Crippen LogP contribution < -0.4 is 5.73 Å². The first-order valence-corrected chi connectivity index (χ1v) is 9.92. The Balaban J connectivity index is 1.63. The van der Waals surface area contributed by atoms with E-state index in [-0.39, 0.29) is 34.1 Å². The van der Waals surface area contributed by atoms with Crippen LogP contribution in [0, 0.1) is 5.82 Å². The summed E-state index contributed by atoms with van der Waals surface area (Å²) in [4.78, 5) is 25.7. The molecule has 162 valence electrons. The van der Waals surface area contributed by atoms with Gasteiger partial charge in [0.1, 0.15) is 17.7 Å². The molecule has 2 unspecified atom stereocenters. The number of fused-ring (bicyclic) bond motifs is 1. The number of carbonyl (C=O) groups is 2. The van der Waals surface area contributed by atoms with Crippen LogP contribution in [0.15, 0.2) is 36.4 Å². The molecule has 7 nitrogen and oxygen atoms in total. The first-order chi connectivity index (χ1) is 14.8. The molecular formula is C21H19ClF2N4O3. The first kappa shape index (κ1) is 21.2. The van der Waals surface area contributed by atoms with Gasteiger partial charge in [0.15, 0.2) is 0 Å². The Morgan fingerprint density at radius 1 is 1.26 bits per heavy atom. The summed E-state index contributed by atoms with van der Waals surface area (Å²) in [6.07, 6.45) is -1.47. The number of ether oxygens (including phenoxy) is 1. The summed E-state index contributed by atoms with van der Waals surface area (Å²) in [7, 11) is 1.43. The van der Waals surface area contributed by atoms with Crippen LogP contribution in [0.3, 0.4) is 0 Å². The zero-order chi connectivity index (χ0) is 22.3. The number of amides is 2. The van der Waals surface area contributed by atoms with Gasteiger partial charge >= 0.3 is 0 Å². The second-order valence-corrected chi connectivity index (χ2v) is 7.69. The van der Waals surface area contributed by atoms with Crippen LogP contribution in [0.25, 0.3) is 16.8 Å². The van der Waals surface area contributed by atoms with E-state index in [1.54, 1.807) is 12.1 Å². The van der Waals surface area contributed by atoms with Gasteiger partial charge in [0.25, 0.3) is 11.8 Å². The number of aromatic nitrogens is 2. The van der Waals surface area contributed by atoms with E-state index in [0.29, 0.717) is 18.5 Å². The number of methoxy groups -OCH3 is 1. The van der Waals surface area contributed by atoms with Crippen LogP contribution in [0.1, 0.15) is 27.3 Å². The molecule has 0 radical (unpaired) electrons. The molecule has 2 atom stereocenters. The monoisotopic (exact) mass is 448 g/mol. The second-order valence-electron chi connectivity index (χ2n) is 7.28. The molecule has 1 fully saturated rings. The highest BCUT2D eigenvalue weighted by Crippen LogP contribution is 2.27. The molecule has 4 rings (SSSR count). The van der Waals surface area contributed by atoms with E-state index in [2.05, 4.69) is 5.10 Å². The van der Waals surface area contributed by atoms with E-state index in [1.165, 1.54) is 34.7 Å². The van der Waals surface area contributed by atoms with Crippen molar-refractivity contribution in [3.8, 4) is 11.3 Å². The Bertz CT molecular complexity index is 1180. The molecule has 0 spiro atoms. The lowest BCUT2D eigenvalue weighted by Crippen LogP contribution is -2.47. The van der Waals surface area contributed by atoms with Crippen molar-refractivity contribution in [3.63, 3.8) is 0 Å². The van der Waals surface area contributed by atoms with Gasteiger partial charge in [-0.3, -0.25) is 9.59 Å². The molecule has 1 saturated heterocycles. The number of likely N-dealkylation sites (tertiary alicyclic amines) is 1. The fraction of sp³-hybridized carbons (Fsp3) is 0.286. The molecule has 1 aromatic carbocycles. The molecule has 2 N–H and O–H groups in total. The summed E-state index contributed by atoms with van der Waals surface area (Å²) >= 11 is 6.09. The number of nitrogens with zero attached hydrogens (tertiary/aromatic N) is 3. The number of primary amides is 1. The quantitative estimate of drug-likeness (QED) is 0.664. The number of hydrogen-bond donors (Lipinski definition) is 1. The van der Waals surface area contributed by atoms with Crippen LogP contribution in [-0.2, 0) is 4.74 Å². The van der Waals surface area contributed by atoms with Gasteiger partial charge in [-0.2, -0.15) is 5.10 Å². The maximum absolute atomic E-state index is 14.9. The lowest BCUT2D eigenvalue weighted by atomic mass is 10.0. The van der Waals surface area contributed by atoms with Crippen molar-refractivity contribution in [2.24, 2.45) is 5.73 Å². The minimum absolute atomic E-state index is 0.0642. The van der Waals surface area contributed by atoms with Gasteiger partial charge in [-0.15, -0.1) is 0 Å². The molecule has 2 aromatic heterocycles. The summed E-state index contributed by atoms with van der Waals surface area (Å²) in [5, 5.41) is 4.56. The lowest BCUT2D eigenvalue weighted by molar-refractivity contribution is -0.0174. The Morgan fingerprint density at radius 3 is 2.68 bits per heavy atom. The fourth-order valence-corrected chi connectivity index (χ4v) is 3.98. The van der Waals surface area contributed by atoms with Crippen LogP contribution in [-0.4, -0.2) is 58.8 Å². The van der Waals surface area contributed by atoms with E-state index in [9.17, 15) is 18.4 Å². The smallest absolute Gasteiger partial charge is 0.267 e. The Hall–Kier alpha value is -3.04. The number of piperidine rings is 1. The number of nitrogens with two attached hydrogens (primary N) is 1. The summed E-state index contributed by atoms with van der Waals surface area (Å²) in [6.45, 7) is 0.215. The van der Waals surface area contributed by atoms with E-state index in [4.69, 9.17) is 22.1 Å². The lowest BCUT2D eigenvalue weighted by Gasteiger charge is -2.34. The number of halogens is 3. The van der Waals surface area contributed by atoms with E-state index in [1.807, 2.05) is 0 Å². The highest BCUT2D eigenvalue weighted by molar-refractivity contribution is 6.34. The van der Waals surface area contributed by atoms with Crippen molar-refractivity contribution in [2.45, 2.75) is 18.7 Å². The molecule has 10 heteroatoms. The normalized spacial score (nSPS) is 19.0. The average molecular weight is 449 g/mol. The van der Waals surface area contributed by atoms with Gasteiger partial charge < -0.3 is 15.4 Å². The minimum Gasteiger partial charge on any atom is -0.378 e. The summed E-state index contributed by atoms with van der Waals surface area (Å²) in [6, 6.07) is 8.50. The Kier molecular flexibility index (Phi) is 5.63. The van der Waals surface area contributed by atoms with Crippen molar-refractivity contribution in [1.29, 1.82) is 0 Å². The summed E-state index contributed by atoms with van der Waals surface area (Å²) < 4.78 is 35.3. The van der Waals surface area contributed by atoms with Crippen molar-refractivity contribution < 1.29 is 23.1 Å². The maximum atomic E-state index is 14.9. The van der Waals surface area contributed by atoms with Crippen LogP contribution >= 0.6 is 11.6 Å². The van der Waals surface area contributed by atoms with Gasteiger partial charge in [0.2, 0.25) is 0 Å². The van der Waals surface area contributed by atoms with Crippen molar-refractivity contribution in [3.05, 3.63) is 58.5 Å². The third kappa shape index (κ3) is 3.86. The SMILES string of the molecule is COC1CCN(C(=O)c2ccc(-c3ccc4c(Cl)cc(C(N)=O)n4n3)c(F)c2)CC1F. The number of alkyl halides is 1. The molecule has 2 amide bonds. The molecule has 3 heterocycles. The molecule has 31 heavy (non-hydrogen) atoms. The van der Waals surface area contributed by atoms with E-state index in [0.717, 1.165) is 6.07 Å². The van der Waals surface area contributed by atoms with Crippen LogP contribution in [0.2, 0.25) is 5.02 Å². The molecule has 1 aliphatic rings. The Labute approximate surface area is 181 Å². The topological polar surface area (TPSA) is 89.9 Å². The number of rotatable bonds is 4. The number of benzene rings is 1. The zero-order valence-electron chi connectivity index (χ0n) is 16.5. The summed E-state index contributed by atoms with van der Waals surface area (Å²) in [5.41, 5.74) is 6.32. The number of hydrogen-bond acceptors (Lipinski definition) is 4. The van der Waals surface area contributed by atoms with E-state index >= 15 is 0 Å². The summed E-state index contributed by atoms with van der Waals surface area (Å²) in [5.74, 6) is -1.86. The second kappa shape index (κ2) is 8.24. The standard InChI is InChI=1S/C21H19ClF2N4O3/c1-31-19-6-7-27(10-15(19)24)21(30)11-2-3-12(14(23)8-11)16-4-5-17-13(22)9-18(20(25)29)28(17)26-16/h2-5,8-9,15,19H,6-7,10H2,1H3,(H2,25,29). The first-order valence-electron chi connectivity index (χ1n) is 9.54. The highest BCUT2D eigenvalue weighted by atomic mass is 35.5. The van der Waals surface area contributed by atoms with Crippen molar-refractivity contribution in [1.82, 2.24) is 14.5 Å². The molecule has 0 aliphatic carbocycles. The number of carbonyl (C=O) groups excluding carboxylic acids is 2. The van der Waals surface area contributed by atoms with Crippen LogP contribution in [0.5, 0.6) is 0 Å². The predicted molar refractivity (Wildman–Crippen MR) is 110 cm³/mol. The third-order valence-corrected chi connectivity index (χ3v) is 5.69. The third-order valence-electron chi connectivity index (χ3n) is 5.39. The zero-order valence-corrected chi connectivity index (χ0v) is 17.3. The Morgan fingerprint density at radius 2 is 2.03 bits per heavy atom. The predicted octanol–water partition coefficient (Wildman–Crippen LogP) is 3.09. The molecule has 0 saturated carbocycles. The highest BCUT2D eigenvalue weighted by Gasteiger charge is 2.32. The maximum Gasteiger partial charge on any atom is 0.267 e. The molecule has 0 bridgehead atoms. The van der Waals surface area contributed by atoms with E-state index < -0.39 is 29.9 Å². The largest absolute Gasteiger partial charge is 0.378 e. The van der Waals surface area contributed by atoms with Gasteiger partial charge in [-0.1, -0.05) is 11.6 Å². The average Bonchev–Trinajstić information content (AvgIpc) is 3.09. The minimum atomic E-state index is -1.30.